The minimum absolute atomic E-state index is 0.0503. The number of hydrogen-bond donors (Lipinski definition) is 0. The largest absolute Gasteiger partial charge is 0.366 e. The van der Waals surface area contributed by atoms with E-state index in [-0.39, 0.29) is 11.4 Å². The molecule has 0 spiro atoms. The molecule has 0 aromatic rings. The van der Waals surface area contributed by atoms with E-state index < -0.39 is 0 Å². The fourth-order valence-electron chi connectivity index (χ4n) is 2.43. The van der Waals surface area contributed by atoms with Crippen molar-refractivity contribution in [3.63, 3.8) is 0 Å². The molecule has 3 atom stereocenters. The molecule has 3 unspecified atom stereocenters. The van der Waals surface area contributed by atoms with Crippen LogP contribution >= 0.6 is 0 Å². The standard InChI is InChI=1S/C11H16O2/c1-3-9-4-5-11(7-8(2)12)10(6-9)13-11/h3,9-10H,1,4-7H2,2H3. The highest BCUT2D eigenvalue weighted by Crippen LogP contribution is 2.51. The van der Waals surface area contributed by atoms with Crippen molar-refractivity contribution in [1.29, 1.82) is 0 Å². The second kappa shape index (κ2) is 2.95. The Balaban J connectivity index is 1.94. The Morgan fingerprint density at radius 1 is 1.77 bits per heavy atom. The number of ketones is 1. The van der Waals surface area contributed by atoms with E-state index in [0.29, 0.717) is 18.4 Å². The molecule has 1 aliphatic heterocycles. The van der Waals surface area contributed by atoms with Crippen molar-refractivity contribution in [3.05, 3.63) is 12.7 Å². The van der Waals surface area contributed by atoms with E-state index in [2.05, 4.69) is 6.58 Å². The number of hydrogen-bond acceptors (Lipinski definition) is 2. The summed E-state index contributed by atoms with van der Waals surface area (Å²) in [7, 11) is 0. The Hall–Kier alpha value is -0.630. The molecule has 1 heterocycles. The van der Waals surface area contributed by atoms with Crippen molar-refractivity contribution < 1.29 is 9.53 Å². The maximum atomic E-state index is 11.0. The number of carbonyl (C=O) groups is 1. The molecule has 2 heteroatoms. The molecule has 2 rings (SSSR count). The summed E-state index contributed by atoms with van der Waals surface area (Å²) in [6, 6.07) is 0. The second-order valence-electron chi connectivity index (χ2n) is 4.32. The van der Waals surface area contributed by atoms with E-state index in [9.17, 15) is 4.79 Å². The van der Waals surface area contributed by atoms with Crippen LogP contribution in [0.25, 0.3) is 0 Å². The van der Waals surface area contributed by atoms with Crippen LogP contribution in [-0.4, -0.2) is 17.5 Å². The van der Waals surface area contributed by atoms with Gasteiger partial charge >= 0.3 is 0 Å². The van der Waals surface area contributed by atoms with Gasteiger partial charge in [0.05, 0.1) is 6.10 Å². The number of rotatable bonds is 3. The van der Waals surface area contributed by atoms with Gasteiger partial charge < -0.3 is 4.74 Å². The van der Waals surface area contributed by atoms with Gasteiger partial charge in [-0.1, -0.05) is 6.08 Å². The molecule has 0 radical (unpaired) electrons. The van der Waals surface area contributed by atoms with E-state index in [1.807, 2.05) is 6.08 Å². The fourth-order valence-corrected chi connectivity index (χ4v) is 2.43. The summed E-state index contributed by atoms with van der Waals surface area (Å²) in [6.45, 7) is 5.44. The van der Waals surface area contributed by atoms with Crippen LogP contribution in [0.3, 0.4) is 0 Å². The Morgan fingerprint density at radius 2 is 2.54 bits per heavy atom. The first-order chi connectivity index (χ1) is 6.16. The van der Waals surface area contributed by atoms with Gasteiger partial charge in [-0.2, -0.15) is 0 Å². The van der Waals surface area contributed by atoms with E-state index >= 15 is 0 Å². The monoisotopic (exact) mass is 180 g/mol. The zero-order chi connectivity index (χ0) is 9.47. The summed E-state index contributed by atoms with van der Waals surface area (Å²) < 4.78 is 5.64. The molecule has 0 aromatic carbocycles. The summed E-state index contributed by atoms with van der Waals surface area (Å²) in [5, 5.41) is 0. The lowest BCUT2D eigenvalue weighted by molar-refractivity contribution is -0.118. The first-order valence-corrected chi connectivity index (χ1v) is 4.96. The topological polar surface area (TPSA) is 29.6 Å². The molecule has 72 valence electrons. The van der Waals surface area contributed by atoms with E-state index in [4.69, 9.17) is 4.74 Å². The van der Waals surface area contributed by atoms with Crippen LogP contribution in [0.4, 0.5) is 0 Å². The molecule has 0 bridgehead atoms. The third-order valence-corrected chi connectivity index (χ3v) is 3.24. The predicted molar refractivity (Wildman–Crippen MR) is 50.4 cm³/mol. The third kappa shape index (κ3) is 1.55. The van der Waals surface area contributed by atoms with Crippen LogP contribution in [0.15, 0.2) is 12.7 Å². The zero-order valence-electron chi connectivity index (χ0n) is 8.08. The van der Waals surface area contributed by atoms with E-state index in [1.165, 1.54) is 0 Å². The summed E-state index contributed by atoms with van der Waals surface area (Å²) in [5.74, 6) is 0.854. The summed E-state index contributed by atoms with van der Waals surface area (Å²) in [5.41, 5.74) is -0.0503. The van der Waals surface area contributed by atoms with Crippen LogP contribution in [-0.2, 0) is 9.53 Å². The fraction of sp³-hybridized carbons (Fsp3) is 0.727. The number of carbonyl (C=O) groups excluding carboxylic acids is 1. The van der Waals surface area contributed by atoms with Gasteiger partial charge in [0.1, 0.15) is 11.4 Å². The highest BCUT2D eigenvalue weighted by atomic mass is 16.6. The average Bonchev–Trinajstić information content (AvgIpc) is 2.75. The lowest BCUT2D eigenvalue weighted by Gasteiger charge is -2.21. The first-order valence-electron chi connectivity index (χ1n) is 4.96. The molecule has 0 aromatic heterocycles. The smallest absolute Gasteiger partial charge is 0.132 e. The van der Waals surface area contributed by atoms with Gasteiger partial charge in [0.2, 0.25) is 0 Å². The third-order valence-electron chi connectivity index (χ3n) is 3.24. The van der Waals surface area contributed by atoms with Gasteiger partial charge in [-0.15, -0.1) is 6.58 Å². The molecule has 0 N–H and O–H groups in total. The van der Waals surface area contributed by atoms with Crippen molar-refractivity contribution in [2.45, 2.75) is 44.3 Å². The molecule has 2 nitrogen and oxygen atoms in total. The SMILES string of the molecule is C=CC1CCC2(CC(C)=O)OC2C1. The van der Waals surface area contributed by atoms with Crippen molar-refractivity contribution >= 4 is 5.78 Å². The van der Waals surface area contributed by atoms with Crippen LogP contribution in [0, 0.1) is 5.92 Å². The van der Waals surface area contributed by atoms with Crippen molar-refractivity contribution in [1.82, 2.24) is 0 Å². The van der Waals surface area contributed by atoms with Crippen LogP contribution in [0.5, 0.6) is 0 Å². The molecule has 1 saturated carbocycles. The Kier molecular flexibility index (Phi) is 2.03. The van der Waals surface area contributed by atoms with Crippen LogP contribution in [0.1, 0.15) is 32.6 Å². The van der Waals surface area contributed by atoms with Crippen LogP contribution < -0.4 is 0 Å². The molecule has 2 fully saturated rings. The van der Waals surface area contributed by atoms with Gasteiger partial charge in [0.25, 0.3) is 0 Å². The van der Waals surface area contributed by atoms with Crippen molar-refractivity contribution in [3.8, 4) is 0 Å². The van der Waals surface area contributed by atoms with Crippen molar-refractivity contribution in [2.75, 3.05) is 0 Å². The number of allylic oxidation sites excluding steroid dienone is 1. The summed E-state index contributed by atoms with van der Waals surface area (Å²) in [4.78, 5) is 11.0. The van der Waals surface area contributed by atoms with Gasteiger partial charge in [0, 0.05) is 6.42 Å². The zero-order valence-corrected chi connectivity index (χ0v) is 8.08. The maximum absolute atomic E-state index is 11.0. The highest BCUT2D eigenvalue weighted by Gasteiger charge is 2.58. The molecule has 1 aliphatic carbocycles. The molecule has 2 aliphatic rings. The summed E-state index contributed by atoms with van der Waals surface area (Å²) >= 11 is 0. The Bertz CT molecular complexity index is 246. The lowest BCUT2D eigenvalue weighted by Crippen LogP contribution is -2.25. The molecular weight excluding hydrogens is 164 g/mol. The highest BCUT2D eigenvalue weighted by molar-refractivity contribution is 5.77. The average molecular weight is 180 g/mol. The number of epoxide rings is 1. The van der Waals surface area contributed by atoms with E-state index in [0.717, 1.165) is 19.3 Å². The summed E-state index contributed by atoms with van der Waals surface area (Å²) in [6.07, 6.45) is 6.20. The first kappa shape index (κ1) is 8.95. The second-order valence-corrected chi connectivity index (χ2v) is 4.32. The van der Waals surface area contributed by atoms with Crippen molar-refractivity contribution in [2.24, 2.45) is 5.92 Å². The lowest BCUT2D eigenvalue weighted by atomic mass is 9.80. The number of Topliss-reactive ketones (excluding diaryl/α,β-unsaturated/α-hetero) is 1. The number of fused-ring (bicyclic) bond motifs is 1. The van der Waals surface area contributed by atoms with Gasteiger partial charge in [0.15, 0.2) is 0 Å². The van der Waals surface area contributed by atoms with E-state index in [1.54, 1.807) is 6.92 Å². The maximum Gasteiger partial charge on any atom is 0.132 e. The molecule has 0 amide bonds. The van der Waals surface area contributed by atoms with Gasteiger partial charge in [-0.05, 0) is 32.1 Å². The van der Waals surface area contributed by atoms with Crippen LogP contribution in [0.2, 0.25) is 0 Å². The quantitative estimate of drug-likeness (QED) is 0.491. The normalized spacial score (nSPS) is 42.2. The predicted octanol–water partition coefficient (Wildman–Crippen LogP) is 2.09. The molecular formula is C11H16O2. The minimum Gasteiger partial charge on any atom is -0.366 e. The van der Waals surface area contributed by atoms with Gasteiger partial charge in [-0.3, -0.25) is 4.79 Å². The Labute approximate surface area is 79.0 Å². The Morgan fingerprint density at radius 3 is 3.08 bits per heavy atom. The molecule has 1 saturated heterocycles. The van der Waals surface area contributed by atoms with Gasteiger partial charge in [-0.25, -0.2) is 0 Å². The molecule has 13 heavy (non-hydrogen) atoms. The number of ether oxygens (including phenoxy) is 1. The minimum atomic E-state index is -0.0503.